The molecule has 14 nitrogen and oxygen atoms in total. The number of ether oxygens (including phenoxy) is 2. The van der Waals surface area contributed by atoms with Gasteiger partial charge in [0.15, 0.2) is 0 Å². The molecule has 3 aromatic heterocycles. The maximum absolute atomic E-state index is 6.06. The molecule has 0 amide bonds. The Morgan fingerprint density at radius 1 is 0.327 bits per heavy atom. The summed E-state index contributed by atoms with van der Waals surface area (Å²) >= 11 is 0. The molecule has 13 aromatic rings. The second-order valence-corrected chi connectivity index (χ2v) is 27.0. The monoisotopic (exact) mass is 1380 g/mol. The van der Waals surface area contributed by atoms with Crippen LogP contribution < -0.4 is 24.2 Å². The zero-order valence-electron chi connectivity index (χ0n) is 59.9. The van der Waals surface area contributed by atoms with Gasteiger partial charge < -0.3 is 39.1 Å². The van der Waals surface area contributed by atoms with Gasteiger partial charge in [0.25, 0.3) is 0 Å². The van der Waals surface area contributed by atoms with Gasteiger partial charge in [-0.15, -0.1) is 0 Å². The first-order chi connectivity index (χ1) is 51.4. The minimum atomic E-state index is 0. The highest BCUT2D eigenvalue weighted by Gasteiger charge is 2.25. The minimum Gasteiger partial charge on any atom is -0.494 e. The number of rotatable bonds is 22. The lowest BCUT2D eigenvalue weighted by Crippen LogP contribution is -2.46. The Labute approximate surface area is 617 Å². The van der Waals surface area contributed by atoms with Crippen molar-refractivity contribution in [3.8, 4) is 79.0 Å². The standard InChI is InChI=1S/C33H32N4O.C30H34N4O.C27H28N4.3H2/c1-4-11-26(12-5-1)25-38-30-18-10-17-29(23-30)37-21-19-36(20-22-37)24-31-34-32(27-13-6-2-7-14-27)33(35-31)28-15-8-3-9-16-28;1-2-3-21-35-27-16-10-15-26(22-27)34-19-17-33(18-20-34)23-28-31-29(24-11-6-4-7-12-24)30(32-28)25-13-8-5-9-14-25;1-21-9-8-14-24(19-21)31-17-15-30(16-18-31)20-25-28-26(22-10-4-2-5-11-22)27(29-25)23-12-6-3-7-13-23;;;/h1-18,23H,19-22,24-25H2,(H,34,35);4-16,22H,2-3,17-21,23H2,1H3,(H,31,32);2-14,19H,15-18,20H2,1H3,(H,28,29);3*1H. The Morgan fingerprint density at radius 2 is 0.635 bits per heavy atom. The van der Waals surface area contributed by atoms with Crippen molar-refractivity contribution in [2.24, 2.45) is 0 Å². The fourth-order valence-corrected chi connectivity index (χ4v) is 13.9. The number of hydrogen-bond acceptors (Lipinski definition) is 11. The summed E-state index contributed by atoms with van der Waals surface area (Å²) in [6, 6.07) is 98.9. The highest BCUT2D eigenvalue weighted by Crippen LogP contribution is 2.35. The van der Waals surface area contributed by atoms with Gasteiger partial charge in [0.1, 0.15) is 35.6 Å². The number of nitrogens with one attached hydrogen (secondary N) is 3. The zero-order chi connectivity index (χ0) is 70.5. The molecule has 3 aliphatic rings. The van der Waals surface area contributed by atoms with E-state index in [1.54, 1.807) is 0 Å². The van der Waals surface area contributed by atoms with E-state index < -0.39 is 0 Å². The summed E-state index contributed by atoms with van der Waals surface area (Å²) in [5.41, 5.74) is 19.5. The lowest BCUT2D eigenvalue weighted by Gasteiger charge is -2.35. The number of benzene rings is 10. The van der Waals surface area contributed by atoms with Crippen LogP contribution in [0.3, 0.4) is 0 Å². The van der Waals surface area contributed by atoms with Crippen molar-refractivity contribution in [1.82, 2.24) is 44.6 Å². The fraction of sp³-hybridized carbons (Fsp3) is 0.233. The van der Waals surface area contributed by atoms with Crippen molar-refractivity contribution in [3.63, 3.8) is 0 Å². The summed E-state index contributed by atoms with van der Waals surface area (Å²) in [6.07, 6.45) is 2.24. The SMILES string of the molecule is CCCCOc1cccc(N2CCN(Cc3nc(-c4ccccc4)c(-c4ccccc4)[nH]3)CC2)c1.Cc1cccc(N2CCN(Cc3nc(-c4ccccc4)c(-c4ccccc4)[nH]3)CC2)c1.[HH].[HH].[HH].c1ccc(COc2cccc(N3CCN(Cc4nc(-c5ccccc5)c(-c5ccccc5)[nH]4)CC3)c2)cc1. The first kappa shape index (κ1) is 69.8. The number of aromatic nitrogens is 6. The Bertz CT molecular complexity index is 4570. The van der Waals surface area contributed by atoms with Crippen molar-refractivity contribution < 1.29 is 13.8 Å². The molecule has 3 aliphatic heterocycles. The van der Waals surface area contributed by atoms with Crippen molar-refractivity contribution in [1.29, 1.82) is 0 Å². The Kier molecular flexibility index (Phi) is 23.5. The number of nitrogens with zero attached hydrogens (tertiary/aromatic N) is 9. The van der Waals surface area contributed by atoms with Crippen LogP contribution in [0.25, 0.3) is 67.5 Å². The molecule has 0 spiro atoms. The molecule has 3 fully saturated rings. The smallest absolute Gasteiger partial charge is 0.121 e. The number of aromatic amines is 3. The van der Waals surface area contributed by atoms with Crippen LogP contribution in [0.15, 0.2) is 285 Å². The van der Waals surface area contributed by atoms with E-state index in [4.69, 9.17) is 24.4 Å². The molecular formula is C90H100N12O2. The third-order valence-corrected chi connectivity index (χ3v) is 19.6. The zero-order valence-corrected chi connectivity index (χ0v) is 59.9. The first-order valence-electron chi connectivity index (χ1n) is 37.0. The first-order valence-corrected chi connectivity index (χ1v) is 37.0. The molecule has 0 bridgehead atoms. The summed E-state index contributed by atoms with van der Waals surface area (Å²) in [5, 5.41) is 0. The van der Waals surface area contributed by atoms with Crippen molar-refractivity contribution in [2.75, 3.05) is 99.8 Å². The Morgan fingerprint density at radius 3 is 0.971 bits per heavy atom. The molecule has 104 heavy (non-hydrogen) atoms. The second kappa shape index (κ2) is 35.1. The Balaban J connectivity index is 0.000000158. The summed E-state index contributed by atoms with van der Waals surface area (Å²) in [5.74, 6) is 4.93. The van der Waals surface area contributed by atoms with E-state index >= 15 is 0 Å². The van der Waals surface area contributed by atoms with Crippen LogP contribution in [0.1, 0.15) is 52.6 Å². The van der Waals surface area contributed by atoms with Gasteiger partial charge >= 0.3 is 0 Å². The summed E-state index contributed by atoms with van der Waals surface area (Å²) in [6.45, 7) is 20.2. The van der Waals surface area contributed by atoms with Crippen LogP contribution in [-0.2, 0) is 26.2 Å². The van der Waals surface area contributed by atoms with Crippen LogP contribution in [0.5, 0.6) is 11.5 Å². The molecule has 0 saturated carbocycles. The van der Waals surface area contributed by atoms with Gasteiger partial charge in [0, 0.05) is 145 Å². The fourth-order valence-electron chi connectivity index (χ4n) is 13.9. The molecule has 10 aromatic carbocycles. The summed E-state index contributed by atoms with van der Waals surface area (Å²) < 4.78 is 12.0. The molecule has 6 heterocycles. The van der Waals surface area contributed by atoms with Gasteiger partial charge in [-0.1, -0.05) is 250 Å². The van der Waals surface area contributed by atoms with E-state index in [9.17, 15) is 0 Å². The average Bonchev–Trinajstić information content (AvgIpc) is 1.68. The molecule has 0 aliphatic carbocycles. The molecule has 3 N–H and O–H groups in total. The third kappa shape index (κ3) is 18.5. The van der Waals surface area contributed by atoms with E-state index in [1.807, 2.05) is 48.5 Å². The number of aryl methyl sites for hydroxylation is 1. The highest BCUT2D eigenvalue weighted by atomic mass is 16.5. The topological polar surface area (TPSA) is 124 Å². The highest BCUT2D eigenvalue weighted by molar-refractivity contribution is 5.80. The van der Waals surface area contributed by atoms with Crippen LogP contribution >= 0.6 is 0 Å². The van der Waals surface area contributed by atoms with Crippen LogP contribution in [0.2, 0.25) is 0 Å². The van der Waals surface area contributed by atoms with Crippen molar-refractivity contribution in [2.45, 2.75) is 52.9 Å². The molecule has 14 heteroatoms. The molecule has 0 unspecified atom stereocenters. The van der Waals surface area contributed by atoms with Gasteiger partial charge in [-0.25, -0.2) is 15.0 Å². The lowest BCUT2D eigenvalue weighted by atomic mass is 10.1. The van der Waals surface area contributed by atoms with Gasteiger partial charge in [-0.05, 0) is 60.9 Å². The maximum Gasteiger partial charge on any atom is 0.121 e. The number of H-pyrrole nitrogens is 3. The van der Waals surface area contributed by atoms with Gasteiger partial charge in [0.05, 0.1) is 60.4 Å². The second-order valence-electron chi connectivity index (χ2n) is 27.0. The van der Waals surface area contributed by atoms with E-state index in [0.717, 1.165) is 209 Å². The third-order valence-electron chi connectivity index (χ3n) is 19.6. The van der Waals surface area contributed by atoms with Crippen LogP contribution in [0, 0.1) is 6.92 Å². The van der Waals surface area contributed by atoms with E-state index in [-0.39, 0.29) is 4.28 Å². The minimum absolute atomic E-state index is 0. The van der Waals surface area contributed by atoms with Gasteiger partial charge in [-0.2, -0.15) is 0 Å². The molecular weight excluding hydrogens is 1280 g/mol. The number of anilines is 3. The van der Waals surface area contributed by atoms with Crippen molar-refractivity contribution >= 4 is 17.1 Å². The molecule has 0 radical (unpaired) electrons. The van der Waals surface area contributed by atoms with Crippen LogP contribution in [0.4, 0.5) is 17.1 Å². The Hall–Kier alpha value is -11.3. The normalized spacial score (nSPS) is 14.3. The number of imidazole rings is 3. The van der Waals surface area contributed by atoms with Crippen LogP contribution in [-0.4, -0.2) is 130 Å². The quantitative estimate of drug-likeness (QED) is 0.0562. The lowest BCUT2D eigenvalue weighted by molar-refractivity contribution is 0.244. The van der Waals surface area contributed by atoms with E-state index in [2.05, 4.69) is 295 Å². The van der Waals surface area contributed by atoms with Gasteiger partial charge in [0.2, 0.25) is 0 Å². The molecule has 3 saturated heterocycles. The van der Waals surface area contributed by atoms with E-state index in [0.29, 0.717) is 6.61 Å². The molecule has 532 valence electrons. The number of unbranched alkanes of at least 4 members (excludes halogenated alkanes) is 1. The maximum atomic E-state index is 6.06. The van der Waals surface area contributed by atoms with Crippen molar-refractivity contribution in [3.05, 3.63) is 314 Å². The molecule has 16 rings (SSSR count). The molecule has 0 atom stereocenters. The average molecular weight is 1380 g/mol. The summed E-state index contributed by atoms with van der Waals surface area (Å²) in [4.78, 5) is 40.9. The predicted molar refractivity (Wildman–Crippen MR) is 432 cm³/mol. The van der Waals surface area contributed by atoms with E-state index in [1.165, 1.54) is 33.8 Å². The summed E-state index contributed by atoms with van der Waals surface area (Å²) in [7, 11) is 0. The van der Waals surface area contributed by atoms with Gasteiger partial charge in [-0.3, -0.25) is 14.7 Å². The predicted octanol–water partition coefficient (Wildman–Crippen LogP) is 19.0. The number of hydrogen-bond donors (Lipinski definition) is 3. The number of piperazine rings is 3. The largest absolute Gasteiger partial charge is 0.494 e.